The largest absolute Gasteiger partial charge is 0.464 e. The minimum absolute atomic E-state index is 0.0397. The van der Waals surface area contributed by atoms with Crippen molar-refractivity contribution in [3.8, 4) is 0 Å². The van der Waals surface area contributed by atoms with E-state index in [1.54, 1.807) is 0 Å². The Balaban J connectivity index is 2.15. The van der Waals surface area contributed by atoms with E-state index in [1.807, 2.05) is 43.3 Å². The van der Waals surface area contributed by atoms with E-state index in [2.05, 4.69) is 5.32 Å². The molecule has 0 aliphatic carbocycles. The molecule has 1 aromatic carbocycles. The Kier molecular flexibility index (Phi) is 3.71. The van der Waals surface area contributed by atoms with Crippen LogP contribution in [0.3, 0.4) is 0 Å². The first-order valence-corrected chi connectivity index (χ1v) is 5.85. The van der Waals surface area contributed by atoms with E-state index < -0.39 is 0 Å². The van der Waals surface area contributed by atoms with Crippen LogP contribution in [0.4, 0.5) is 5.69 Å². The predicted octanol–water partition coefficient (Wildman–Crippen LogP) is 3.35. The van der Waals surface area contributed by atoms with Crippen LogP contribution in [0.1, 0.15) is 17.6 Å². The normalized spacial score (nSPS) is 12.4. The van der Waals surface area contributed by atoms with Gasteiger partial charge >= 0.3 is 0 Å². The van der Waals surface area contributed by atoms with Crippen LogP contribution < -0.4 is 11.1 Å². The molecule has 17 heavy (non-hydrogen) atoms. The van der Waals surface area contributed by atoms with Gasteiger partial charge in [0, 0.05) is 17.3 Å². The van der Waals surface area contributed by atoms with Crippen LogP contribution in [0.25, 0.3) is 0 Å². The van der Waals surface area contributed by atoms with Gasteiger partial charge < -0.3 is 15.5 Å². The van der Waals surface area contributed by atoms with Gasteiger partial charge in [-0.3, -0.25) is 0 Å². The second kappa shape index (κ2) is 5.25. The molecular formula is C13H15ClN2O. The number of furan rings is 1. The Labute approximate surface area is 106 Å². The van der Waals surface area contributed by atoms with Gasteiger partial charge in [0.05, 0.1) is 6.04 Å². The lowest BCUT2D eigenvalue weighted by Crippen LogP contribution is -2.20. The highest BCUT2D eigenvalue weighted by Crippen LogP contribution is 2.22. The SMILES string of the molecule is Cc1ccc(C(CN)Nc2cccc(Cl)c2)o1. The summed E-state index contributed by atoms with van der Waals surface area (Å²) >= 11 is 5.93. The summed E-state index contributed by atoms with van der Waals surface area (Å²) in [7, 11) is 0. The zero-order valence-corrected chi connectivity index (χ0v) is 10.4. The lowest BCUT2D eigenvalue weighted by Gasteiger charge is -2.16. The highest BCUT2D eigenvalue weighted by Gasteiger charge is 2.13. The standard InChI is InChI=1S/C13H15ClN2O/c1-9-5-6-13(17-9)12(8-15)16-11-4-2-3-10(14)7-11/h2-7,12,16H,8,15H2,1H3. The molecule has 2 aromatic rings. The van der Waals surface area contributed by atoms with Crippen LogP contribution in [-0.2, 0) is 0 Å². The number of halogens is 1. The molecule has 1 atom stereocenters. The van der Waals surface area contributed by atoms with Gasteiger partial charge in [-0.25, -0.2) is 0 Å². The molecule has 0 aliphatic heterocycles. The summed E-state index contributed by atoms with van der Waals surface area (Å²) in [5, 5.41) is 3.99. The number of hydrogen-bond acceptors (Lipinski definition) is 3. The van der Waals surface area contributed by atoms with Crippen LogP contribution in [0.5, 0.6) is 0 Å². The Bertz CT molecular complexity index is 496. The monoisotopic (exact) mass is 250 g/mol. The summed E-state index contributed by atoms with van der Waals surface area (Å²) in [6.07, 6.45) is 0. The van der Waals surface area contributed by atoms with E-state index in [0.717, 1.165) is 17.2 Å². The Morgan fingerprint density at radius 1 is 1.35 bits per heavy atom. The van der Waals surface area contributed by atoms with Gasteiger partial charge in [0.25, 0.3) is 0 Å². The van der Waals surface area contributed by atoms with Crippen molar-refractivity contribution < 1.29 is 4.42 Å². The predicted molar refractivity (Wildman–Crippen MR) is 70.3 cm³/mol. The number of hydrogen-bond donors (Lipinski definition) is 2. The summed E-state index contributed by atoms with van der Waals surface area (Å²) in [5.41, 5.74) is 6.68. The molecule has 4 heteroatoms. The topological polar surface area (TPSA) is 51.2 Å². The number of aryl methyl sites for hydroxylation is 1. The molecule has 0 amide bonds. The number of anilines is 1. The average molecular weight is 251 g/mol. The molecular weight excluding hydrogens is 236 g/mol. The highest BCUT2D eigenvalue weighted by molar-refractivity contribution is 6.30. The first kappa shape index (κ1) is 12.0. The van der Waals surface area contributed by atoms with Gasteiger partial charge in [0.2, 0.25) is 0 Å². The van der Waals surface area contributed by atoms with Gasteiger partial charge in [-0.1, -0.05) is 17.7 Å². The maximum Gasteiger partial charge on any atom is 0.127 e. The first-order chi connectivity index (χ1) is 8.19. The summed E-state index contributed by atoms with van der Waals surface area (Å²) in [6.45, 7) is 2.37. The fourth-order valence-electron chi connectivity index (χ4n) is 1.67. The van der Waals surface area contributed by atoms with Crippen LogP contribution >= 0.6 is 11.6 Å². The van der Waals surface area contributed by atoms with Crippen LogP contribution in [0, 0.1) is 6.92 Å². The second-order valence-corrected chi connectivity index (χ2v) is 4.33. The van der Waals surface area contributed by atoms with Crippen molar-refractivity contribution in [3.05, 3.63) is 52.9 Å². The van der Waals surface area contributed by atoms with E-state index in [9.17, 15) is 0 Å². The van der Waals surface area contributed by atoms with Crippen LogP contribution in [0.2, 0.25) is 5.02 Å². The molecule has 1 heterocycles. The molecule has 3 nitrogen and oxygen atoms in total. The minimum Gasteiger partial charge on any atom is -0.464 e. The van der Waals surface area contributed by atoms with E-state index in [-0.39, 0.29) is 6.04 Å². The summed E-state index contributed by atoms with van der Waals surface area (Å²) in [5.74, 6) is 1.72. The molecule has 0 radical (unpaired) electrons. The lowest BCUT2D eigenvalue weighted by molar-refractivity contribution is 0.459. The smallest absolute Gasteiger partial charge is 0.127 e. The minimum atomic E-state index is -0.0397. The Morgan fingerprint density at radius 3 is 2.76 bits per heavy atom. The van der Waals surface area contributed by atoms with E-state index in [0.29, 0.717) is 11.6 Å². The number of nitrogens with one attached hydrogen (secondary N) is 1. The maximum absolute atomic E-state index is 5.93. The van der Waals surface area contributed by atoms with Crippen LogP contribution in [0.15, 0.2) is 40.8 Å². The third-order valence-electron chi connectivity index (χ3n) is 2.51. The van der Waals surface area contributed by atoms with Gasteiger partial charge in [-0.15, -0.1) is 0 Å². The molecule has 0 bridgehead atoms. The fraction of sp³-hybridized carbons (Fsp3) is 0.231. The average Bonchev–Trinajstić information content (AvgIpc) is 2.73. The van der Waals surface area contributed by atoms with Crippen molar-refractivity contribution in [2.75, 3.05) is 11.9 Å². The van der Waals surface area contributed by atoms with Crippen molar-refractivity contribution in [1.29, 1.82) is 0 Å². The van der Waals surface area contributed by atoms with Gasteiger partial charge in [0.15, 0.2) is 0 Å². The van der Waals surface area contributed by atoms with Gasteiger partial charge in [-0.2, -0.15) is 0 Å². The van der Waals surface area contributed by atoms with Gasteiger partial charge in [-0.05, 0) is 37.3 Å². The van der Waals surface area contributed by atoms with Crippen molar-refractivity contribution in [3.63, 3.8) is 0 Å². The highest BCUT2D eigenvalue weighted by atomic mass is 35.5. The fourth-order valence-corrected chi connectivity index (χ4v) is 1.86. The maximum atomic E-state index is 5.93. The summed E-state index contributed by atoms with van der Waals surface area (Å²) < 4.78 is 5.56. The molecule has 1 aromatic heterocycles. The number of nitrogens with two attached hydrogens (primary N) is 1. The molecule has 2 rings (SSSR count). The molecule has 1 unspecified atom stereocenters. The first-order valence-electron chi connectivity index (χ1n) is 5.47. The van der Waals surface area contributed by atoms with Gasteiger partial charge in [0.1, 0.15) is 11.5 Å². The zero-order valence-electron chi connectivity index (χ0n) is 9.61. The van der Waals surface area contributed by atoms with Crippen molar-refractivity contribution in [2.24, 2.45) is 5.73 Å². The molecule has 0 aliphatic rings. The Hall–Kier alpha value is -1.45. The molecule has 90 valence electrons. The quantitative estimate of drug-likeness (QED) is 0.875. The van der Waals surface area contributed by atoms with E-state index in [4.69, 9.17) is 21.8 Å². The second-order valence-electron chi connectivity index (χ2n) is 3.89. The Morgan fingerprint density at radius 2 is 2.18 bits per heavy atom. The molecule has 0 saturated carbocycles. The van der Waals surface area contributed by atoms with Crippen molar-refractivity contribution in [1.82, 2.24) is 0 Å². The zero-order chi connectivity index (χ0) is 12.3. The summed E-state index contributed by atoms with van der Waals surface area (Å²) in [4.78, 5) is 0. The van der Waals surface area contributed by atoms with E-state index in [1.165, 1.54) is 0 Å². The summed E-state index contributed by atoms with van der Waals surface area (Å²) in [6, 6.07) is 11.4. The van der Waals surface area contributed by atoms with E-state index >= 15 is 0 Å². The molecule has 0 fully saturated rings. The van der Waals surface area contributed by atoms with Crippen molar-refractivity contribution in [2.45, 2.75) is 13.0 Å². The molecule has 0 spiro atoms. The third kappa shape index (κ3) is 3.02. The number of rotatable bonds is 4. The lowest BCUT2D eigenvalue weighted by atomic mass is 10.2. The number of benzene rings is 1. The van der Waals surface area contributed by atoms with Crippen molar-refractivity contribution >= 4 is 17.3 Å². The van der Waals surface area contributed by atoms with Crippen LogP contribution in [-0.4, -0.2) is 6.54 Å². The third-order valence-corrected chi connectivity index (χ3v) is 2.74. The molecule has 3 N–H and O–H groups in total. The molecule has 0 saturated heterocycles.